The van der Waals surface area contributed by atoms with E-state index in [0.29, 0.717) is 42.9 Å². The van der Waals surface area contributed by atoms with Gasteiger partial charge in [0.25, 0.3) is 0 Å². The molecule has 0 amide bonds. The number of ketones is 1. The van der Waals surface area contributed by atoms with E-state index < -0.39 is 12.2 Å². The standard InChI is InChI=1S/C23H31FN4O3/c1-23(2)6-4-17(31-23)12-28-7-5-16(11-28)21(29)18-10-25-14-26-22(18)27-20-9-15(13-30-3)8-19(20)24/h5,7,10-11,14-15,17,19-20H,4,6,8-9,12-13H2,1-3H3,(H,25,26,27)/t15-,17?,19?,20-/m1/s1. The van der Waals surface area contributed by atoms with Crippen molar-refractivity contribution in [1.82, 2.24) is 14.5 Å². The molecule has 7 nitrogen and oxygen atoms in total. The largest absolute Gasteiger partial charge is 0.384 e. The van der Waals surface area contributed by atoms with Gasteiger partial charge in [-0.25, -0.2) is 14.4 Å². The van der Waals surface area contributed by atoms with Crippen molar-refractivity contribution in [2.75, 3.05) is 19.0 Å². The second-order valence-corrected chi connectivity index (χ2v) is 9.31. The first-order valence-corrected chi connectivity index (χ1v) is 10.9. The molecule has 2 aromatic heterocycles. The second kappa shape index (κ2) is 9.04. The van der Waals surface area contributed by atoms with Crippen LogP contribution in [0, 0.1) is 5.92 Å². The number of carbonyl (C=O) groups is 1. The monoisotopic (exact) mass is 430 g/mol. The maximum atomic E-state index is 14.5. The van der Waals surface area contributed by atoms with Gasteiger partial charge < -0.3 is 19.4 Å². The predicted octanol–water partition coefficient (Wildman–Crippen LogP) is 3.64. The lowest BCUT2D eigenvalue weighted by Crippen LogP contribution is -2.27. The summed E-state index contributed by atoms with van der Waals surface area (Å²) in [4.78, 5) is 21.4. The summed E-state index contributed by atoms with van der Waals surface area (Å²) in [6.45, 7) is 5.44. The number of anilines is 1. The molecular formula is C23H31FN4O3. The normalized spacial score (nSPS) is 27.5. The molecule has 31 heavy (non-hydrogen) atoms. The van der Waals surface area contributed by atoms with Crippen LogP contribution in [0.3, 0.4) is 0 Å². The third-order valence-electron chi connectivity index (χ3n) is 6.24. The Labute approximate surface area is 182 Å². The molecule has 0 radical (unpaired) electrons. The van der Waals surface area contributed by atoms with Crippen LogP contribution in [-0.2, 0) is 16.0 Å². The van der Waals surface area contributed by atoms with Gasteiger partial charge in [-0.1, -0.05) is 0 Å². The first-order valence-electron chi connectivity index (χ1n) is 10.9. The van der Waals surface area contributed by atoms with Crippen molar-refractivity contribution < 1.29 is 18.7 Å². The molecular weight excluding hydrogens is 399 g/mol. The number of hydrogen-bond donors (Lipinski definition) is 1. The maximum Gasteiger partial charge on any atom is 0.199 e. The predicted molar refractivity (Wildman–Crippen MR) is 115 cm³/mol. The molecule has 3 heterocycles. The Balaban J connectivity index is 1.44. The van der Waals surface area contributed by atoms with Gasteiger partial charge in [-0.15, -0.1) is 0 Å². The Morgan fingerprint density at radius 1 is 1.42 bits per heavy atom. The molecule has 0 spiro atoms. The molecule has 1 N–H and O–H groups in total. The van der Waals surface area contributed by atoms with Crippen molar-refractivity contribution in [1.29, 1.82) is 0 Å². The van der Waals surface area contributed by atoms with E-state index in [4.69, 9.17) is 9.47 Å². The van der Waals surface area contributed by atoms with Crippen LogP contribution in [0.4, 0.5) is 10.2 Å². The Morgan fingerprint density at radius 2 is 2.26 bits per heavy atom. The van der Waals surface area contributed by atoms with Gasteiger partial charge in [-0.05, 0) is 51.5 Å². The summed E-state index contributed by atoms with van der Waals surface area (Å²) in [5.74, 6) is 0.353. The Hall–Kier alpha value is -2.32. The van der Waals surface area contributed by atoms with Crippen molar-refractivity contribution in [3.05, 3.63) is 42.1 Å². The molecule has 2 aliphatic rings. The highest BCUT2D eigenvalue weighted by molar-refractivity contribution is 6.11. The molecule has 4 atom stereocenters. The van der Waals surface area contributed by atoms with E-state index >= 15 is 0 Å². The lowest BCUT2D eigenvalue weighted by atomic mass is 10.1. The molecule has 2 aromatic rings. The van der Waals surface area contributed by atoms with Gasteiger partial charge in [0, 0.05) is 44.4 Å². The van der Waals surface area contributed by atoms with E-state index in [1.54, 1.807) is 13.2 Å². The van der Waals surface area contributed by atoms with Crippen LogP contribution in [0.25, 0.3) is 0 Å². The van der Waals surface area contributed by atoms with Gasteiger partial charge in [0.1, 0.15) is 18.3 Å². The summed E-state index contributed by atoms with van der Waals surface area (Å²) in [6.07, 6.45) is 8.85. The maximum absolute atomic E-state index is 14.5. The molecule has 1 aliphatic carbocycles. The number of alkyl halides is 1. The van der Waals surface area contributed by atoms with E-state index in [1.165, 1.54) is 12.5 Å². The van der Waals surface area contributed by atoms with E-state index in [0.717, 1.165) is 12.8 Å². The number of nitrogens with zero attached hydrogens (tertiary/aromatic N) is 3. The molecule has 1 saturated carbocycles. The lowest BCUT2D eigenvalue weighted by molar-refractivity contribution is -0.0216. The van der Waals surface area contributed by atoms with E-state index in [2.05, 4.69) is 29.1 Å². The van der Waals surface area contributed by atoms with Crippen LogP contribution in [0.2, 0.25) is 0 Å². The Kier molecular flexibility index (Phi) is 6.39. The zero-order valence-electron chi connectivity index (χ0n) is 18.4. The molecule has 168 valence electrons. The van der Waals surface area contributed by atoms with E-state index in [1.807, 2.05) is 17.0 Å². The minimum absolute atomic E-state index is 0.0881. The average molecular weight is 431 g/mol. The van der Waals surface area contributed by atoms with Crippen LogP contribution in [0.1, 0.15) is 55.5 Å². The summed E-state index contributed by atoms with van der Waals surface area (Å²) in [5, 5.41) is 3.14. The SMILES string of the molecule is COC[C@@H]1CC(F)[C@H](Nc2ncncc2C(=O)c2ccn(CC3CCC(C)(C)O3)c2)C1. The van der Waals surface area contributed by atoms with Crippen molar-refractivity contribution in [3.8, 4) is 0 Å². The van der Waals surface area contributed by atoms with Crippen molar-refractivity contribution in [2.24, 2.45) is 5.92 Å². The number of hydrogen-bond acceptors (Lipinski definition) is 6. The van der Waals surface area contributed by atoms with Crippen LogP contribution in [-0.4, -0.2) is 58.0 Å². The second-order valence-electron chi connectivity index (χ2n) is 9.31. The van der Waals surface area contributed by atoms with Crippen LogP contribution in [0.15, 0.2) is 31.0 Å². The van der Waals surface area contributed by atoms with Crippen LogP contribution < -0.4 is 5.32 Å². The molecule has 8 heteroatoms. The number of nitrogens with one attached hydrogen (secondary N) is 1. The zero-order valence-corrected chi connectivity index (χ0v) is 18.4. The van der Waals surface area contributed by atoms with Gasteiger partial charge in [-0.3, -0.25) is 4.79 Å². The van der Waals surface area contributed by atoms with Crippen molar-refractivity contribution in [3.63, 3.8) is 0 Å². The number of methoxy groups -OCH3 is 1. The average Bonchev–Trinajstić information content (AvgIpc) is 3.42. The van der Waals surface area contributed by atoms with Crippen LogP contribution in [0.5, 0.6) is 0 Å². The van der Waals surface area contributed by atoms with E-state index in [-0.39, 0.29) is 23.4 Å². The quantitative estimate of drug-likeness (QED) is 0.644. The molecule has 1 aliphatic heterocycles. The summed E-state index contributed by atoms with van der Waals surface area (Å²) >= 11 is 0. The third-order valence-corrected chi connectivity index (χ3v) is 6.24. The minimum Gasteiger partial charge on any atom is -0.384 e. The van der Waals surface area contributed by atoms with Gasteiger partial charge in [0.15, 0.2) is 5.78 Å². The third kappa shape index (κ3) is 5.13. The lowest BCUT2D eigenvalue weighted by Gasteiger charge is -2.19. The number of ether oxygens (including phenoxy) is 2. The highest BCUT2D eigenvalue weighted by Crippen LogP contribution is 2.32. The van der Waals surface area contributed by atoms with Crippen molar-refractivity contribution in [2.45, 2.75) is 70.0 Å². The molecule has 4 rings (SSSR count). The molecule has 2 fully saturated rings. The summed E-state index contributed by atoms with van der Waals surface area (Å²) in [7, 11) is 1.63. The van der Waals surface area contributed by atoms with Gasteiger partial charge in [0.2, 0.25) is 0 Å². The first-order chi connectivity index (χ1) is 14.8. The van der Waals surface area contributed by atoms with Crippen molar-refractivity contribution >= 4 is 11.6 Å². The van der Waals surface area contributed by atoms with Gasteiger partial charge >= 0.3 is 0 Å². The Morgan fingerprint density at radius 3 is 3.00 bits per heavy atom. The zero-order chi connectivity index (χ0) is 22.0. The summed E-state index contributed by atoms with van der Waals surface area (Å²) in [5.41, 5.74) is 0.811. The fourth-order valence-corrected chi connectivity index (χ4v) is 4.68. The van der Waals surface area contributed by atoms with Gasteiger partial charge in [0.05, 0.1) is 23.3 Å². The fourth-order valence-electron chi connectivity index (χ4n) is 4.68. The molecule has 1 saturated heterocycles. The number of halogens is 1. The number of carbonyl (C=O) groups excluding carboxylic acids is 1. The topological polar surface area (TPSA) is 78.3 Å². The smallest absolute Gasteiger partial charge is 0.199 e. The van der Waals surface area contributed by atoms with Crippen LogP contribution >= 0.6 is 0 Å². The molecule has 0 aromatic carbocycles. The first kappa shape index (κ1) is 21.9. The highest BCUT2D eigenvalue weighted by Gasteiger charge is 2.35. The van der Waals surface area contributed by atoms with E-state index in [9.17, 15) is 9.18 Å². The highest BCUT2D eigenvalue weighted by atomic mass is 19.1. The molecule has 0 bridgehead atoms. The summed E-state index contributed by atoms with van der Waals surface area (Å²) in [6, 6.07) is 1.40. The molecule has 2 unspecified atom stereocenters. The Bertz CT molecular complexity index is 916. The van der Waals surface area contributed by atoms with Gasteiger partial charge in [-0.2, -0.15) is 0 Å². The number of aromatic nitrogens is 3. The minimum atomic E-state index is -1.00. The fraction of sp³-hybridized carbons (Fsp3) is 0.609. The number of rotatable bonds is 8. The summed E-state index contributed by atoms with van der Waals surface area (Å²) < 4.78 is 27.7.